The predicted octanol–water partition coefficient (Wildman–Crippen LogP) is 3.30. The van der Waals surface area contributed by atoms with Gasteiger partial charge >= 0.3 is 11.9 Å². The molecule has 0 saturated heterocycles. The molecule has 1 aromatic heterocycles. The molecule has 0 fully saturated rings. The summed E-state index contributed by atoms with van der Waals surface area (Å²) in [5, 5.41) is 8.39. The second-order valence-electron chi connectivity index (χ2n) is 2.78. The Morgan fingerprint density at radius 3 is 2.21 bits per heavy atom. The molecule has 0 radical (unpaired) electrons. The molecule has 1 rings (SSSR count). The highest BCUT2D eigenvalue weighted by Crippen LogP contribution is 2.42. The Balaban J connectivity index is 3.38. The predicted molar refractivity (Wildman–Crippen MR) is 53.0 cm³/mol. The van der Waals surface area contributed by atoms with E-state index in [1.165, 1.54) is 6.92 Å². The molecule has 0 saturated carbocycles. The molecule has 0 amide bonds. The smallest absolute Gasteiger partial charge is 0.379 e. The van der Waals surface area contributed by atoms with Gasteiger partial charge in [0.25, 0.3) is 0 Å². The van der Waals surface area contributed by atoms with E-state index >= 15 is 0 Å². The van der Waals surface area contributed by atoms with E-state index in [1.54, 1.807) is 6.92 Å². The number of halogens is 3. The van der Waals surface area contributed by atoms with Crippen LogP contribution in [0.25, 0.3) is 0 Å². The maximum absolute atomic E-state index is 13.2. The van der Waals surface area contributed by atoms with Crippen LogP contribution < -0.4 is 0 Å². The Morgan fingerprint density at radius 1 is 1.43 bits per heavy atom. The highest BCUT2D eigenvalue weighted by Gasteiger charge is 2.45. The van der Waals surface area contributed by atoms with Crippen LogP contribution in [0.15, 0.2) is 4.47 Å². The van der Waals surface area contributed by atoms with Crippen molar-refractivity contribution in [2.45, 2.75) is 19.8 Å². The molecule has 0 atom stereocenters. The van der Waals surface area contributed by atoms with Crippen molar-refractivity contribution in [1.82, 2.24) is 0 Å². The molecule has 6 heteroatoms. The van der Waals surface area contributed by atoms with Crippen LogP contribution in [0.4, 0.5) is 8.78 Å². The van der Waals surface area contributed by atoms with E-state index in [-0.39, 0.29) is 4.47 Å². The second kappa shape index (κ2) is 3.58. The molecule has 1 aromatic rings. The van der Waals surface area contributed by atoms with Crippen LogP contribution in [-0.4, -0.2) is 11.1 Å². The van der Waals surface area contributed by atoms with Crippen LogP contribution in [0.2, 0.25) is 0 Å². The summed E-state index contributed by atoms with van der Waals surface area (Å²) in [6.45, 7) is 3.14. The van der Waals surface area contributed by atoms with Crippen molar-refractivity contribution in [3.05, 3.63) is 19.8 Å². The van der Waals surface area contributed by atoms with Gasteiger partial charge in [-0.05, 0) is 29.8 Å². The number of carboxylic acid groups (broad SMARTS) is 1. The van der Waals surface area contributed by atoms with Gasteiger partial charge in [-0.15, -0.1) is 11.3 Å². The minimum Gasteiger partial charge on any atom is -0.477 e. The van der Waals surface area contributed by atoms with E-state index in [0.29, 0.717) is 9.75 Å². The number of carboxylic acids is 1. The van der Waals surface area contributed by atoms with Crippen LogP contribution in [0.5, 0.6) is 0 Å². The zero-order valence-corrected chi connectivity index (χ0v) is 9.80. The van der Waals surface area contributed by atoms with Crippen molar-refractivity contribution in [3.63, 3.8) is 0 Å². The number of alkyl halides is 2. The molecule has 0 aromatic carbocycles. The third-order valence-electron chi connectivity index (χ3n) is 1.77. The highest BCUT2D eigenvalue weighted by atomic mass is 79.9. The Bertz CT molecular complexity index is 387. The van der Waals surface area contributed by atoms with E-state index < -0.39 is 17.5 Å². The number of hydrogen-bond acceptors (Lipinski definition) is 2. The maximum Gasteiger partial charge on any atom is 0.379 e. The van der Waals surface area contributed by atoms with Crippen molar-refractivity contribution >= 4 is 33.2 Å². The summed E-state index contributed by atoms with van der Waals surface area (Å²) in [6.07, 6.45) is 0. The number of carbonyl (C=O) groups is 1. The number of aliphatic carboxylic acids is 1. The van der Waals surface area contributed by atoms with Crippen molar-refractivity contribution in [3.8, 4) is 0 Å². The fraction of sp³-hybridized carbons (Fsp3) is 0.375. The summed E-state index contributed by atoms with van der Waals surface area (Å²) in [7, 11) is 0. The van der Waals surface area contributed by atoms with Crippen LogP contribution in [-0.2, 0) is 10.7 Å². The first kappa shape index (κ1) is 11.6. The van der Waals surface area contributed by atoms with Gasteiger partial charge in [-0.2, -0.15) is 8.78 Å². The summed E-state index contributed by atoms with van der Waals surface area (Å²) in [5.41, 5.74) is -0.437. The van der Waals surface area contributed by atoms with Gasteiger partial charge in [0, 0.05) is 14.2 Å². The molecule has 1 heterocycles. The van der Waals surface area contributed by atoms with Gasteiger partial charge in [-0.25, -0.2) is 4.79 Å². The van der Waals surface area contributed by atoms with Crippen LogP contribution in [0.3, 0.4) is 0 Å². The molecule has 0 bridgehead atoms. The van der Waals surface area contributed by atoms with E-state index in [2.05, 4.69) is 15.9 Å². The SMILES string of the molecule is Cc1sc(C)c(C(F)(F)C(=O)O)c1Br. The summed E-state index contributed by atoms with van der Waals surface area (Å²) >= 11 is 4.12. The molecule has 0 unspecified atom stereocenters. The van der Waals surface area contributed by atoms with Crippen LogP contribution in [0, 0.1) is 13.8 Å². The lowest BCUT2D eigenvalue weighted by Gasteiger charge is -2.11. The van der Waals surface area contributed by atoms with Crippen molar-refractivity contribution in [2.75, 3.05) is 0 Å². The summed E-state index contributed by atoms with van der Waals surface area (Å²) in [4.78, 5) is 11.3. The minimum atomic E-state index is -3.83. The lowest BCUT2D eigenvalue weighted by molar-refractivity contribution is -0.166. The standard InChI is InChI=1S/C8H7BrF2O2S/c1-3-5(6(9)4(2)14-3)8(10,11)7(12)13/h1-2H3,(H,12,13). The molecular weight excluding hydrogens is 278 g/mol. The summed E-state index contributed by atoms with van der Waals surface area (Å²) in [5.74, 6) is -5.95. The van der Waals surface area contributed by atoms with Crippen LogP contribution >= 0.6 is 27.3 Å². The Hall–Kier alpha value is -0.490. The average molecular weight is 285 g/mol. The normalized spacial score (nSPS) is 11.8. The molecule has 0 spiro atoms. The Morgan fingerprint density at radius 2 is 1.93 bits per heavy atom. The lowest BCUT2D eigenvalue weighted by atomic mass is 10.1. The first-order valence-electron chi connectivity index (χ1n) is 3.65. The number of aryl methyl sites for hydroxylation is 2. The van der Waals surface area contributed by atoms with Gasteiger partial charge in [0.2, 0.25) is 0 Å². The fourth-order valence-corrected chi connectivity index (χ4v) is 3.03. The zero-order chi connectivity index (χ0) is 11.1. The fourth-order valence-electron chi connectivity index (χ4n) is 1.12. The monoisotopic (exact) mass is 284 g/mol. The number of hydrogen-bond donors (Lipinski definition) is 1. The minimum absolute atomic E-state index is 0.187. The molecule has 0 aliphatic heterocycles. The van der Waals surface area contributed by atoms with E-state index in [0.717, 1.165) is 11.3 Å². The van der Waals surface area contributed by atoms with Gasteiger partial charge in [-0.3, -0.25) is 0 Å². The van der Waals surface area contributed by atoms with Gasteiger partial charge in [0.05, 0.1) is 5.56 Å². The van der Waals surface area contributed by atoms with Crippen molar-refractivity contribution in [1.29, 1.82) is 0 Å². The third kappa shape index (κ3) is 1.68. The summed E-state index contributed by atoms with van der Waals surface area (Å²) < 4.78 is 26.6. The maximum atomic E-state index is 13.2. The first-order valence-corrected chi connectivity index (χ1v) is 5.26. The molecule has 14 heavy (non-hydrogen) atoms. The topological polar surface area (TPSA) is 37.3 Å². The van der Waals surface area contributed by atoms with Crippen LogP contribution in [0.1, 0.15) is 15.3 Å². The molecule has 1 N–H and O–H groups in total. The van der Waals surface area contributed by atoms with Gasteiger partial charge in [0.1, 0.15) is 0 Å². The van der Waals surface area contributed by atoms with Gasteiger partial charge < -0.3 is 5.11 Å². The Kier molecular flexibility index (Phi) is 2.96. The molecule has 78 valence electrons. The van der Waals surface area contributed by atoms with Crippen molar-refractivity contribution in [2.24, 2.45) is 0 Å². The van der Waals surface area contributed by atoms with Crippen molar-refractivity contribution < 1.29 is 18.7 Å². The molecular formula is C8H7BrF2O2S. The molecule has 0 aliphatic rings. The lowest BCUT2D eigenvalue weighted by Crippen LogP contribution is -2.25. The third-order valence-corrected chi connectivity index (χ3v) is 4.04. The average Bonchev–Trinajstić information content (AvgIpc) is 2.26. The zero-order valence-electron chi connectivity index (χ0n) is 7.40. The van der Waals surface area contributed by atoms with E-state index in [4.69, 9.17) is 5.11 Å². The molecule has 0 aliphatic carbocycles. The summed E-state index contributed by atoms with van der Waals surface area (Å²) in [6, 6.07) is 0. The van der Waals surface area contributed by atoms with Gasteiger partial charge in [-0.1, -0.05) is 0 Å². The quantitative estimate of drug-likeness (QED) is 0.905. The number of thiophene rings is 1. The van der Waals surface area contributed by atoms with E-state index in [1.807, 2.05) is 0 Å². The van der Waals surface area contributed by atoms with Gasteiger partial charge in [0.15, 0.2) is 0 Å². The molecule has 2 nitrogen and oxygen atoms in total. The Labute approximate surface area is 91.7 Å². The largest absolute Gasteiger partial charge is 0.477 e. The highest BCUT2D eigenvalue weighted by molar-refractivity contribution is 9.10. The first-order chi connectivity index (χ1) is 6.28. The van der Waals surface area contributed by atoms with E-state index in [9.17, 15) is 13.6 Å². The second-order valence-corrected chi connectivity index (χ2v) is 5.00. The number of rotatable bonds is 2.